The molecule has 0 unspecified atom stereocenters. The Hall–Kier alpha value is -2.74. The van der Waals surface area contributed by atoms with Crippen molar-refractivity contribution in [2.45, 2.75) is 38.0 Å². The van der Waals surface area contributed by atoms with Crippen LogP contribution in [0, 0.1) is 5.82 Å². The summed E-state index contributed by atoms with van der Waals surface area (Å²) < 4.78 is 13.4. The van der Waals surface area contributed by atoms with E-state index in [2.05, 4.69) is 42.5 Å². The molecule has 1 saturated carbocycles. The summed E-state index contributed by atoms with van der Waals surface area (Å²) in [6, 6.07) is 21.8. The number of hydrogen-bond donors (Lipinski definition) is 0. The number of benzene rings is 3. The van der Waals surface area contributed by atoms with Gasteiger partial charge in [0.05, 0.1) is 11.2 Å². The highest BCUT2D eigenvalue weighted by Crippen LogP contribution is 2.40. The molecule has 1 aliphatic carbocycles. The fourth-order valence-electron chi connectivity index (χ4n) is 4.54. The molecule has 1 heterocycles. The zero-order chi connectivity index (χ0) is 18.2. The van der Waals surface area contributed by atoms with Crippen LogP contribution in [-0.2, 0) is 0 Å². The molecule has 1 aliphatic rings. The summed E-state index contributed by atoms with van der Waals surface area (Å²) in [4.78, 5) is 4.96. The first-order chi connectivity index (χ1) is 13.3. The van der Waals surface area contributed by atoms with Crippen molar-refractivity contribution >= 4 is 21.7 Å². The lowest BCUT2D eigenvalue weighted by molar-refractivity contribution is 0.445. The smallest absolute Gasteiger partial charge is 0.123 e. The second kappa shape index (κ2) is 6.77. The molecule has 0 amide bonds. The first-order valence-corrected chi connectivity index (χ1v) is 9.88. The van der Waals surface area contributed by atoms with E-state index < -0.39 is 0 Å². The Morgan fingerprint density at radius 1 is 0.815 bits per heavy atom. The van der Waals surface area contributed by atoms with E-state index in [0.29, 0.717) is 5.92 Å². The lowest BCUT2D eigenvalue weighted by Gasteiger charge is -2.24. The van der Waals surface area contributed by atoms with Gasteiger partial charge in [-0.3, -0.25) is 0 Å². The summed E-state index contributed by atoms with van der Waals surface area (Å²) in [7, 11) is 0. The van der Waals surface area contributed by atoms with Gasteiger partial charge in [-0.15, -0.1) is 0 Å². The predicted octanol–water partition coefficient (Wildman–Crippen LogP) is 7.24. The molecular formula is C25H22FN. The van der Waals surface area contributed by atoms with Crippen molar-refractivity contribution in [1.82, 2.24) is 4.98 Å². The highest BCUT2D eigenvalue weighted by atomic mass is 19.1. The molecule has 27 heavy (non-hydrogen) atoms. The molecule has 0 spiro atoms. The third-order valence-electron chi connectivity index (χ3n) is 5.91. The molecular weight excluding hydrogens is 333 g/mol. The van der Waals surface area contributed by atoms with Gasteiger partial charge in [-0.05, 0) is 71.5 Å². The van der Waals surface area contributed by atoms with Crippen LogP contribution in [0.25, 0.3) is 32.9 Å². The van der Waals surface area contributed by atoms with Crippen LogP contribution in [0.1, 0.15) is 43.6 Å². The van der Waals surface area contributed by atoms with Crippen LogP contribution >= 0.6 is 0 Å². The summed E-state index contributed by atoms with van der Waals surface area (Å²) in [5.41, 5.74) is 4.37. The first-order valence-electron chi connectivity index (χ1n) is 9.88. The van der Waals surface area contributed by atoms with E-state index >= 15 is 0 Å². The molecule has 3 aromatic carbocycles. The average Bonchev–Trinajstić information content (AvgIpc) is 2.74. The average molecular weight is 355 g/mol. The van der Waals surface area contributed by atoms with Gasteiger partial charge >= 0.3 is 0 Å². The number of pyridine rings is 1. The van der Waals surface area contributed by atoms with Gasteiger partial charge in [0.2, 0.25) is 0 Å². The van der Waals surface area contributed by atoms with E-state index in [4.69, 9.17) is 4.98 Å². The van der Waals surface area contributed by atoms with E-state index in [-0.39, 0.29) is 5.82 Å². The van der Waals surface area contributed by atoms with Crippen LogP contribution in [0.3, 0.4) is 0 Å². The molecule has 0 radical (unpaired) electrons. The minimum Gasteiger partial charge on any atom is -0.248 e. The van der Waals surface area contributed by atoms with Crippen molar-refractivity contribution in [3.05, 3.63) is 78.1 Å². The maximum Gasteiger partial charge on any atom is 0.123 e. The maximum atomic E-state index is 13.4. The molecule has 0 saturated heterocycles. The Kier molecular flexibility index (Phi) is 4.12. The Balaban J connectivity index is 1.79. The zero-order valence-electron chi connectivity index (χ0n) is 15.3. The van der Waals surface area contributed by atoms with Crippen molar-refractivity contribution < 1.29 is 4.39 Å². The van der Waals surface area contributed by atoms with Crippen LogP contribution in [0.4, 0.5) is 4.39 Å². The minimum absolute atomic E-state index is 0.210. The van der Waals surface area contributed by atoms with Gasteiger partial charge in [0, 0.05) is 10.9 Å². The minimum atomic E-state index is -0.210. The van der Waals surface area contributed by atoms with Gasteiger partial charge in [0.15, 0.2) is 0 Å². The normalized spacial score (nSPS) is 15.4. The Morgan fingerprint density at radius 2 is 1.59 bits per heavy atom. The van der Waals surface area contributed by atoms with Gasteiger partial charge in [-0.1, -0.05) is 49.6 Å². The SMILES string of the molecule is Fc1ccc(-c2cc(C3CCCCC3)c3c(ccc4ccccc43)n2)cc1. The van der Waals surface area contributed by atoms with Crippen molar-refractivity contribution in [3.8, 4) is 11.3 Å². The highest BCUT2D eigenvalue weighted by molar-refractivity contribution is 6.08. The molecule has 0 aliphatic heterocycles. The molecule has 2 heteroatoms. The molecule has 1 fully saturated rings. The fraction of sp³-hybridized carbons (Fsp3) is 0.240. The second-order valence-corrected chi connectivity index (χ2v) is 7.62. The number of hydrogen-bond acceptors (Lipinski definition) is 1. The van der Waals surface area contributed by atoms with Gasteiger partial charge in [-0.25, -0.2) is 9.37 Å². The van der Waals surface area contributed by atoms with Crippen LogP contribution in [0.2, 0.25) is 0 Å². The number of rotatable bonds is 2. The number of halogens is 1. The van der Waals surface area contributed by atoms with Crippen LogP contribution in [-0.4, -0.2) is 4.98 Å². The van der Waals surface area contributed by atoms with Crippen molar-refractivity contribution in [1.29, 1.82) is 0 Å². The summed E-state index contributed by atoms with van der Waals surface area (Å²) >= 11 is 0. The van der Waals surface area contributed by atoms with Gasteiger partial charge in [0.25, 0.3) is 0 Å². The topological polar surface area (TPSA) is 12.9 Å². The number of fused-ring (bicyclic) bond motifs is 3. The maximum absolute atomic E-state index is 13.4. The molecule has 0 N–H and O–H groups in total. The third-order valence-corrected chi connectivity index (χ3v) is 5.91. The Bertz CT molecular complexity index is 1110. The fourth-order valence-corrected chi connectivity index (χ4v) is 4.54. The summed E-state index contributed by atoms with van der Waals surface area (Å²) in [6.07, 6.45) is 6.41. The molecule has 4 aromatic rings. The van der Waals surface area contributed by atoms with E-state index in [9.17, 15) is 4.39 Å². The molecule has 5 rings (SSSR count). The number of nitrogens with zero attached hydrogens (tertiary/aromatic N) is 1. The monoisotopic (exact) mass is 355 g/mol. The zero-order valence-corrected chi connectivity index (χ0v) is 15.3. The lowest BCUT2D eigenvalue weighted by atomic mass is 9.81. The first kappa shape index (κ1) is 16.4. The van der Waals surface area contributed by atoms with E-state index in [1.807, 2.05) is 12.1 Å². The summed E-state index contributed by atoms with van der Waals surface area (Å²) in [5, 5.41) is 3.85. The van der Waals surface area contributed by atoms with Gasteiger partial charge in [0.1, 0.15) is 5.82 Å². The lowest BCUT2D eigenvalue weighted by Crippen LogP contribution is -2.06. The number of aromatic nitrogens is 1. The molecule has 134 valence electrons. The second-order valence-electron chi connectivity index (χ2n) is 7.62. The Labute approximate surface area is 158 Å². The standard InChI is InChI=1S/C25H22FN/c26-20-13-10-19(11-14-20)24-16-22(17-6-2-1-3-7-17)25-21-9-5-4-8-18(21)12-15-23(25)27-24/h4-5,8-17H,1-3,6-7H2. The molecule has 1 aromatic heterocycles. The van der Waals surface area contributed by atoms with Crippen molar-refractivity contribution in [2.24, 2.45) is 0 Å². The summed E-state index contributed by atoms with van der Waals surface area (Å²) in [6.45, 7) is 0. The van der Waals surface area contributed by atoms with Crippen LogP contribution < -0.4 is 0 Å². The van der Waals surface area contributed by atoms with Gasteiger partial charge in [-0.2, -0.15) is 0 Å². The third kappa shape index (κ3) is 2.99. The van der Waals surface area contributed by atoms with Crippen molar-refractivity contribution in [2.75, 3.05) is 0 Å². The van der Waals surface area contributed by atoms with E-state index in [1.54, 1.807) is 0 Å². The van der Waals surface area contributed by atoms with Crippen LogP contribution in [0.15, 0.2) is 66.7 Å². The van der Waals surface area contributed by atoms with E-state index in [1.165, 1.54) is 66.0 Å². The molecule has 0 atom stereocenters. The quantitative estimate of drug-likeness (QED) is 0.345. The predicted molar refractivity (Wildman–Crippen MR) is 110 cm³/mol. The van der Waals surface area contributed by atoms with Gasteiger partial charge < -0.3 is 0 Å². The van der Waals surface area contributed by atoms with Crippen LogP contribution in [0.5, 0.6) is 0 Å². The highest BCUT2D eigenvalue weighted by Gasteiger charge is 2.20. The van der Waals surface area contributed by atoms with Crippen molar-refractivity contribution in [3.63, 3.8) is 0 Å². The van der Waals surface area contributed by atoms with E-state index in [0.717, 1.165) is 16.8 Å². The summed E-state index contributed by atoms with van der Waals surface area (Å²) in [5.74, 6) is 0.368. The molecule has 1 nitrogen and oxygen atoms in total. The largest absolute Gasteiger partial charge is 0.248 e. The molecule has 0 bridgehead atoms. The Morgan fingerprint density at radius 3 is 2.41 bits per heavy atom.